The van der Waals surface area contributed by atoms with Gasteiger partial charge in [-0.05, 0) is 32.9 Å². The van der Waals surface area contributed by atoms with Crippen LogP contribution in [-0.2, 0) is 15.7 Å². The van der Waals surface area contributed by atoms with E-state index in [4.69, 9.17) is 0 Å². The Morgan fingerprint density at radius 2 is 1.80 bits per heavy atom. The third-order valence-electron chi connectivity index (χ3n) is 2.84. The van der Waals surface area contributed by atoms with Crippen LogP contribution in [0.15, 0.2) is 32.7 Å². The molecule has 0 aliphatic heterocycles. The molecular weight excluding hydrogens is 284 g/mol. The molecule has 0 unspecified atom stereocenters. The first-order chi connectivity index (χ1) is 9.03. The van der Waals surface area contributed by atoms with Gasteiger partial charge in [-0.3, -0.25) is 18.9 Å². The highest BCUT2D eigenvalue weighted by atomic mass is 32.2. The summed E-state index contributed by atoms with van der Waals surface area (Å²) >= 11 is 0. The van der Waals surface area contributed by atoms with Crippen molar-refractivity contribution in [2.45, 2.75) is 31.2 Å². The molecule has 0 saturated heterocycles. The molecule has 8 heteroatoms. The first-order valence-electron chi connectivity index (χ1n) is 5.79. The summed E-state index contributed by atoms with van der Waals surface area (Å²) in [7, 11) is -4.56. The van der Waals surface area contributed by atoms with Crippen LogP contribution in [0.5, 0.6) is 0 Å². The molecule has 20 heavy (non-hydrogen) atoms. The zero-order valence-corrected chi connectivity index (χ0v) is 12.0. The van der Waals surface area contributed by atoms with Crippen LogP contribution >= 0.6 is 0 Å². The second-order valence-corrected chi connectivity index (χ2v) is 6.78. The van der Waals surface area contributed by atoms with E-state index in [0.717, 1.165) is 10.6 Å². The van der Waals surface area contributed by atoms with Gasteiger partial charge in [0.1, 0.15) is 4.90 Å². The highest BCUT2D eigenvalue weighted by Crippen LogP contribution is 2.24. The number of fused-ring (bicyclic) bond motifs is 1. The smallest absolute Gasteiger partial charge is 0.287 e. The molecule has 108 valence electrons. The second-order valence-electron chi connectivity index (χ2n) is 5.39. The zero-order chi connectivity index (χ0) is 15.3. The van der Waals surface area contributed by atoms with Gasteiger partial charge >= 0.3 is 5.69 Å². The van der Waals surface area contributed by atoms with E-state index in [2.05, 4.69) is 4.98 Å². The molecule has 0 bridgehead atoms. The Labute approximate surface area is 114 Å². The van der Waals surface area contributed by atoms with E-state index in [9.17, 15) is 22.6 Å². The Kier molecular flexibility index (Phi) is 3.10. The van der Waals surface area contributed by atoms with Gasteiger partial charge in [0.15, 0.2) is 0 Å². The molecule has 7 nitrogen and oxygen atoms in total. The molecule has 2 N–H and O–H groups in total. The zero-order valence-electron chi connectivity index (χ0n) is 11.2. The molecule has 0 aliphatic carbocycles. The highest BCUT2D eigenvalue weighted by molar-refractivity contribution is 7.86. The van der Waals surface area contributed by atoms with Crippen LogP contribution in [0, 0.1) is 0 Å². The van der Waals surface area contributed by atoms with Crippen molar-refractivity contribution >= 4 is 21.0 Å². The molecule has 0 saturated carbocycles. The molecule has 0 spiro atoms. The summed E-state index contributed by atoms with van der Waals surface area (Å²) in [5.74, 6) is 0. The number of rotatable bonds is 1. The minimum absolute atomic E-state index is 0.0228. The Balaban J connectivity index is 3.24. The van der Waals surface area contributed by atoms with E-state index in [1.165, 1.54) is 12.1 Å². The van der Waals surface area contributed by atoms with E-state index >= 15 is 0 Å². The summed E-state index contributed by atoms with van der Waals surface area (Å²) in [5.41, 5.74) is -2.31. The summed E-state index contributed by atoms with van der Waals surface area (Å²) in [5, 5.41) is 0.0228. The summed E-state index contributed by atoms with van der Waals surface area (Å²) in [6, 6.07) is 3.88. The summed E-state index contributed by atoms with van der Waals surface area (Å²) in [4.78, 5) is 25.5. The van der Waals surface area contributed by atoms with Gasteiger partial charge in [-0.1, -0.05) is 6.07 Å². The minimum atomic E-state index is -4.56. The first kappa shape index (κ1) is 14.5. The highest BCUT2D eigenvalue weighted by Gasteiger charge is 2.24. The molecule has 1 aromatic heterocycles. The lowest BCUT2D eigenvalue weighted by molar-refractivity contribution is 0.389. The lowest BCUT2D eigenvalue weighted by Gasteiger charge is -2.24. The fourth-order valence-corrected chi connectivity index (χ4v) is 2.80. The van der Waals surface area contributed by atoms with E-state index in [0.29, 0.717) is 0 Å². The third-order valence-corrected chi connectivity index (χ3v) is 3.72. The molecule has 1 heterocycles. The second kappa shape index (κ2) is 4.29. The Morgan fingerprint density at radius 3 is 2.30 bits per heavy atom. The number of para-hydroxylation sites is 1. The predicted molar refractivity (Wildman–Crippen MR) is 73.6 cm³/mol. The van der Waals surface area contributed by atoms with Crippen molar-refractivity contribution in [3.8, 4) is 0 Å². The standard InChI is InChI=1S/C12H14N2O5S/c1-12(2,3)14-9-7(10(15)13-11(14)16)5-4-6-8(9)20(17,18)19/h4-6H,1-3H3,(H,13,15,16)(H,17,18,19). The van der Waals surface area contributed by atoms with Crippen molar-refractivity contribution in [3.05, 3.63) is 39.0 Å². The number of benzene rings is 1. The SMILES string of the molecule is CC(C)(C)n1c(=O)[nH]c(=O)c2cccc(S(=O)(=O)O)c21. The summed E-state index contributed by atoms with van der Waals surface area (Å²) in [6.07, 6.45) is 0. The number of nitrogens with one attached hydrogen (secondary N) is 1. The van der Waals surface area contributed by atoms with Crippen molar-refractivity contribution in [1.29, 1.82) is 0 Å². The van der Waals surface area contributed by atoms with Crippen molar-refractivity contribution in [2.24, 2.45) is 0 Å². The van der Waals surface area contributed by atoms with E-state index < -0.39 is 31.8 Å². The van der Waals surface area contributed by atoms with Gasteiger partial charge in [-0.2, -0.15) is 8.42 Å². The molecule has 2 aromatic rings. The fourth-order valence-electron chi connectivity index (χ4n) is 2.11. The number of hydrogen-bond donors (Lipinski definition) is 2. The molecule has 1 aromatic carbocycles. The van der Waals surface area contributed by atoms with Gasteiger partial charge in [0, 0.05) is 5.54 Å². The maximum Gasteiger partial charge on any atom is 0.329 e. The molecule has 0 fully saturated rings. The molecule has 0 atom stereocenters. The Morgan fingerprint density at radius 1 is 1.20 bits per heavy atom. The number of aromatic nitrogens is 2. The topological polar surface area (TPSA) is 109 Å². The van der Waals surface area contributed by atoms with Crippen LogP contribution in [0.25, 0.3) is 10.9 Å². The lowest BCUT2D eigenvalue weighted by Crippen LogP contribution is -2.39. The Hall–Kier alpha value is -1.93. The third kappa shape index (κ3) is 2.27. The van der Waals surface area contributed by atoms with E-state index in [1.54, 1.807) is 20.8 Å². The predicted octanol–water partition coefficient (Wildman–Crippen LogP) is 0.692. The van der Waals surface area contributed by atoms with Crippen LogP contribution in [0.2, 0.25) is 0 Å². The van der Waals surface area contributed by atoms with Gasteiger partial charge in [-0.25, -0.2) is 4.79 Å². The van der Waals surface area contributed by atoms with Crippen molar-refractivity contribution in [2.75, 3.05) is 0 Å². The normalized spacial score (nSPS) is 12.8. The van der Waals surface area contributed by atoms with E-state index in [-0.39, 0.29) is 10.9 Å². The maximum atomic E-state index is 12.0. The summed E-state index contributed by atoms with van der Waals surface area (Å²) in [6.45, 7) is 5.06. The molecule has 0 aliphatic rings. The summed E-state index contributed by atoms with van der Waals surface area (Å²) < 4.78 is 33.4. The lowest BCUT2D eigenvalue weighted by atomic mass is 10.1. The van der Waals surface area contributed by atoms with Gasteiger partial charge in [0.05, 0.1) is 10.9 Å². The number of hydrogen-bond acceptors (Lipinski definition) is 4. The van der Waals surface area contributed by atoms with Gasteiger partial charge in [-0.15, -0.1) is 0 Å². The fraction of sp³-hybridized carbons (Fsp3) is 0.333. The monoisotopic (exact) mass is 298 g/mol. The van der Waals surface area contributed by atoms with Crippen LogP contribution < -0.4 is 11.2 Å². The van der Waals surface area contributed by atoms with Crippen LogP contribution in [0.1, 0.15) is 20.8 Å². The number of nitrogens with zero attached hydrogens (tertiary/aromatic N) is 1. The van der Waals surface area contributed by atoms with E-state index in [1.807, 2.05) is 0 Å². The van der Waals surface area contributed by atoms with Crippen molar-refractivity contribution in [1.82, 2.24) is 9.55 Å². The van der Waals surface area contributed by atoms with Gasteiger partial charge < -0.3 is 0 Å². The number of H-pyrrole nitrogens is 1. The molecule has 2 rings (SSSR count). The minimum Gasteiger partial charge on any atom is -0.287 e. The van der Waals surface area contributed by atoms with Crippen LogP contribution in [0.4, 0.5) is 0 Å². The molecule has 0 amide bonds. The molecule has 0 radical (unpaired) electrons. The quantitative estimate of drug-likeness (QED) is 0.753. The van der Waals surface area contributed by atoms with Crippen molar-refractivity contribution < 1.29 is 13.0 Å². The Bertz CT molecular complexity index is 900. The van der Waals surface area contributed by atoms with Crippen LogP contribution in [-0.4, -0.2) is 22.5 Å². The molecular formula is C12H14N2O5S. The number of aromatic amines is 1. The average Bonchev–Trinajstić information content (AvgIpc) is 2.24. The van der Waals surface area contributed by atoms with Gasteiger partial charge in [0.2, 0.25) is 0 Å². The largest absolute Gasteiger partial charge is 0.329 e. The first-order valence-corrected chi connectivity index (χ1v) is 7.23. The maximum absolute atomic E-state index is 12.0. The van der Waals surface area contributed by atoms with Crippen LogP contribution in [0.3, 0.4) is 0 Å². The average molecular weight is 298 g/mol. The van der Waals surface area contributed by atoms with Gasteiger partial charge in [0.25, 0.3) is 15.7 Å². The van der Waals surface area contributed by atoms with Crippen molar-refractivity contribution in [3.63, 3.8) is 0 Å².